The Kier molecular flexibility index (Phi) is 5.48. The second-order valence-electron chi connectivity index (χ2n) is 6.38. The molecule has 0 aliphatic carbocycles. The summed E-state index contributed by atoms with van der Waals surface area (Å²) < 4.78 is 5.26. The van der Waals surface area contributed by atoms with Crippen molar-refractivity contribution in [2.45, 2.75) is 25.1 Å². The number of nitro benzene ring substituents is 1. The Labute approximate surface area is 151 Å². The van der Waals surface area contributed by atoms with E-state index in [0.717, 1.165) is 12.3 Å². The average Bonchev–Trinajstić information content (AvgIpc) is 2.63. The minimum absolute atomic E-state index is 0.00468. The molecule has 2 aliphatic heterocycles. The zero-order chi connectivity index (χ0) is 18.0. The molecule has 7 nitrogen and oxygen atoms in total. The van der Waals surface area contributed by atoms with E-state index in [-0.39, 0.29) is 22.6 Å². The van der Waals surface area contributed by atoms with Gasteiger partial charge in [0.05, 0.1) is 18.1 Å². The normalized spacial score (nSPS) is 24.2. The van der Waals surface area contributed by atoms with Crippen LogP contribution in [-0.4, -0.2) is 65.6 Å². The molecule has 0 bridgehead atoms. The maximum atomic E-state index is 12.6. The number of hydrogen-bond acceptors (Lipinski definition) is 6. The number of benzene rings is 1. The van der Waals surface area contributed by atoms with Gasteiger partial charge in [-0.3, -0.25) is 14.9 Å². The summed E-state index contributed by atoms with van der Waals surface area (Å²) in [6.45, 7) is 7.06. The predicted molar refractivity (Wildman–Crippen MR) is 98.5 cm³/mol. The molecule has 0 N–H and O–H groups in total. The highest BCUT2D eigenvalue weighted by molar-refractivity contribution is 8.00. The zero-order valence-electron chi connectivity index (χ0n) is 14.5. The Bertz CT molecular complexity index is 663. The van der Waals surface area contributed by atoms with Gasteiger partial charge < -0.3 is 14.5 Å². The molecule has 0 spiro atoms. The van der Waals surface area contributed by atoms with E-state index < -0.39 is 0 Å². The summed E-state index contributed by atoms with van der Waals surface area (Å²) in [4.78, 5) is 27.6. The average molecular weight is 365 g/mol. The van der Waals surface area contributed by atoms with Crippen LogP contribution in [0, 0.1) is 10.1 Å². The van der Waals surface area contributed by atoms with Gasteiger partial charge in [0.1, 0.15) is 5.69 Å². The number of carbonyl (C=O) groups is 1. The summed E-state index contributed by atoms with van der Waals surface area (Å²) in [5.41, 5.74) is 0.970. The van der Waals surface area contributed by atoms with Crippen LogP contribution in [0.4, 0.5) is 11.4 Å². The summed E-state index contributed by atoms with van der Waals surface area (Å²) in [5, 5.41) is 12.0. The van der Waals surface area contributed by atoms with E-state index in [1.165, 1.54) is 6.07 Å². The summed E-state index contributed by atoms with van der Waals surface area (Å²) in [5.74, 6) is 0.769. The van der Waals surface area contributed by atoms with Crippen LogP contribution in [0.1, 0.15) is 24.2 Å². The molecule has 8 heteroatoms. The first-order valence-electron chi connectivity index (χ1n) is 8.52. The highest BCUT2D eigenvalue weighted by atomic mass is 32.2. The number of thioether (sulfide) groups is 1. The molecule has 0 saturated carbocycles. The van der Waals surface area contributed by atoms with Crippen molar-refractivity contribution >= 4 is 29.0 Å². The van der Waals surface area contributed by atoms with Gasteiger partial charge >= 0.3 is 0 Å². The van der Waals surface area contributed by atoms with Gasteiger partial charge in [0, 0.05) is 48.3 Å². The quantitative estimate of drug-likeness (QED) is 0.605. The number of ether oxygens (including phenoxy) is 1. The molecule has 2 saturated heterocycles. The fourth-order valence-electron chi connectivity index (χ4n) is 3.27. The van der Waals surface area contributed by atoms with Crippen LogP contribution in [0.2, 0.25) is 0 Å². The first-order chi connectivity index (χ1) is 12.0. The summed E-state index contributed by atoms with van der Waals surface area (Å²) in [6.07, 6.45) is 0. The van der Waals surface area contributed by atoms with Gasteiger partial charge in [-0.05, 0) is 19.1 Å². The second-order valence-corrected chi connectivity index (χ2v) is 7.86. The van der Waals surface area contributed by atoms with Crippen molar-refractivity contribution in [1.29, 1.82) is 0 Å². The number of carbonyl (C=O) groups excluding carboxylic acids is 1. The van der Waals surface area contributed by atoms with Crippen molar-refractivity contribution in [2.75, 3.05) is 43.5 Å². The number of morpholine rings is 1. The highest BCUT2D eigenvalue weighted by Crippen LogP contribution is 2.35. The third kappa shape index (κ3) is 3.74. The molecule has 1 aromatic carbocycles. The maximum absolute atomic E-state index is 12.6. The summed E-state index contributed by atoms with van der Waals surface area (Å²) in [7, 11) is 0. The number of hydrogen-bond donors (Lipinski definition) is 0. The number of nitro groups is 1. The van der Waals surface area contributed by atoms with Crippen LogP contribution < -0.4 is 4.90 Å². The smallest absolute Gasteiger partial charge is 0.293 e. The van der Waals surface area contributed by atoms with E-state index in [4.69, 9.17) is 4.74 Å². The lowest BCUT2D eigenvalue weighted by molar-refractivity contribution is -0.384. The fourth-order valence-corrected chi connectivity index (χ4v) is 4.37. The molecule has 2 heterocycles. The van der Waals surface area contributed by atoms with E-state index in [9.17, 15) is 14.9 Å². The van der Waals surface area contributed by atoms with Crippen molar-refractivity contribution in [3.05, 3.63) is 33.9 Å². The number of amides is 1. The molecule has 2 unspecified atom stereocenters. The third-order valence-corrected chi connectivity index (χ3v) is 6.25. The lowest BCUT2D eigenvalue weighted by atomic mass is 10.1. The van der Waals surface area contributed by atoms with Gasteiger partial charge in [0.25, 0.3) is 11.6 Å². The second kappa shape index (κ2) is 7.61. The Balaban J connectivity index is 1.90. The molecule has 0 radical (unpaired) electrons. The van der Waals surface area contributed by atoms with E-state index in [1.807, 2.05) is 11.8 Å². The standard InChI is InChI=1S/C17H23N3O4S/c1-12-13(2)25-10-7-19(12)15-4-3-14(11-16(15)20(22)23)17(21)18-5-8-24-9-6-18/h3-4,11-13H,5-10H2,1-2H3. The van der Waals surface area contributed by atoms with E-state index >= 15 is 0 Å². The van der Waals surface area contributed by atoms with Crippen LogP contribution in [0.25, 0.3) is 0 Å². The van der Waals surface area contributed by atoms with Gasteiger partial charge in [-0.25, -0.2) is 0 Å². The lowest BCUT2D eigenvalue weighted by Gasteiger charge is -2.38. The van der Waals surface area contributed by atoms with E-state index in [1.54, 1.807) is 17.0 Å². The van der Waals surface area contributed by atoms with E-state index in [2.05, 4.69) is 18.7 Å². The van der Waals surface area contributed by atoms with Crippen LogP contribution in [0.15, 0.2) is 18.2 Å². The van der Waals surface area contributed by atoms with Gasteiger partial charge in [-0.2, -0.15) is 11.8 Å². The molecule has 2 atom stereocenters. The van der Waals surface area contributed by atoms with Gasteiger partial charge in [-0.1, -0.05) is 6.92 Å². The number of anilines is 1. The largest absolute Gasteiger partial charge is 0.378 e. The van der Waals surface area contributed by atoms with Crippen molar-refractivity contribution in [1.82, 2.24) is 4.90 Å². The van der Waals surface area contributed by atoms with Gasteiger partial charge in [0.2, 0.25) is 0 Å². The Morgan fingerprint density at radius 2 is 2.00 bits per heavy atom. The van der Waals surface area contributed by atoms with Gasteiger partial charge in [-0.15, -0.1) is 0 Å². The predicted octanol–water partition coefficient (Wildman–Crippen LogP) is 2.40. The van der Waals surface area contributed by atoms with Crippen LogP contribution in [0.5, 0.6) is 0 Å². The van der Waals surface area contributed by atoms with Crippen molar-refractivity contribution in [3.8, 4) is 0 Å². The van der Waals surface area contributed by atoms with Crippen molar-refractivity contribution < 1.29 is 14.5 Å². The minimum Gasteiger partial charge on any atom is -0.378 e. The zero-order valence-corrected chi connectivity index (χ0v) is 15.3. The molecule has 0 aromatic heterocycles. The molecule has 25 heavy (non-hydrogen) atoms. The molecule has 3 rings (SSSR count). The summed E-state index contributed by atoms with van der Waals surface area (Å²) in [6, 6.07) is 5.06. The Morgan fingerprint density at radius 1 is 1.28 bits per heavy atom. The SMILES string of the molecule is CC1SCCN(c2ccc(C(=O)N3CCOCC3)cc2[N+](=O)[O-])C1C. The minimum atomic E-state index is -0.384. The molecule has 1 amide bonds. The molecular formula is C17H23N3O4S. The number of nitrogens with zero attached hydrogens (tertiary/aromatic N) is 3. The molecular weight excluding hydrogens is 342 g/mol. The first kappa shape index (κ1) is 18.0. The van der Waals surface area contributed by atoms with E-state index in [0.29, 0.717) is 42.8 Å². The third-order valence-electron chi connectivity index (χ3n) is 4.91. The Morgan fingerprint density at radius 3 is 2.68 bits per heavy atom. The van der Waals surface area contributed by atoms with Gasteiger partial charge in [0.15, 0.2) is 0 Å². The lowest BCUT2D eigenvalue weighted by Crippen LogP contribution is -2.45. The Hall–Kier alpha value is -1.80. The number of rotatable bonds is 3. The first-order valence-corrected chi connectivity index (χ1v) is 9.57. The highest BCUT2D eigenvalue weighted by Gasteiger charge is 2.31. The molecule has 2 fully saturated rings. The molecule has 1 aromatic rings. The van der Waals surface area contributed by atoms with Crippen LogP contribution in [0.3, 0.4) is 0 Å². The monoisotopic (exact) mass is 365 g/mol. The molecule has 2 aliphatic rings. The van der Waals surface area contributed by atoms with Crippen LogP contribution >= 0.6 is 11.8 Å². The fraction of sp³-hybridized carbons (Fsp3) is 0.588. The topological polar surface area (TPSA) is 75.9 Å². The summed E-state index contributed by atoms with van der Waals surface area (Å²) >= 11 is 1.88. The maximum Gasteiger partial charge on any atom is 0.293 e. The van der Waals surface area contributed by atoms with Crippen molar-refractivity contribution in [2.24, 2.45) is 0 Å². The van der Waals surface area contributed by atoms with Crippen LogP contribution in [-0.2, 0) is 4.74 Å². The molecule has 136 valence electrons. The van der Waals surface area contributed by atoms with Crippen molar-refractivity contribution in [3.63, 3.8) is 0 Å².